The lowest BCUT2D eigenvalue weighted by Gasteiger charge is -2.15. The van der Waals surface area contributed by atoms with E-state index in [2.05, 4.69) is 19.2 Å². The number of nitrogens with two attached hydrogens (primary N) is 2. The summed E-state index contributed by atoms with van der Waals surface area (Å²) >= 11 is 7.45. The molecule has 0 saturated carbocycles. The van der Waals surface area contributed by atoms with Crippen molar-refractivity contribution in [2.24, 2.45) is 5.14 Å². The standard InChI is InChI=1S/C16H17ClN6O6S2/c17-7-3-1-2-4-9(7)30-15-10-13(18)20-6-21-14(10)23(22-15)16-12(25)11(24)8(29-16)5-28-31(19,26)27/h1-4,6,8,11-12,16,24-25H,5H2,(H2,18,20,21)(H2,19,26,27)/t8-,11-,12-,16-/m1/s1. The number of rotatable bonds is 6. The van der Waals surface area contributed by atoms with Gasteiger partial charge in [0.05, 0.1) is 17.0 Å². The lowest BCUT2D eigenvalue weighted by Crippen LogP contribution is -2.35. The Balaban J connectivity index is 1.71. The quantitative estimate of drug-likeness (QED) is 0.366. The number of hydrogen-bond acceptors (Lipinski definition) is 11. The lowest BCUT2D eigenvalue weighted by atomic mass is 10.1. The van der Waals surface area contributed by atoms with Crippen LogP contribution >= 0.6 is 23.4 Å². The maximum atomic E-state index is 11.0. The highest BCUT2D eigenvalue weighted by molar-refractivity contribution is 7.99. The molecule has 1 aromatic carbocycles. The summed E-state index contributed by atoms with van der Waals surface area (Å²) in [6, 6.07) is 7.11. The Hall–Kier alpha value is -2.04. The average Bonchev–Trinajstić information content (AvgIpc) is 3.20. The molecular formula is C16H17ClN6O6S2. The molecule has 4 rings (SSSR count). The van der Waals surface area contributed by atoms with E-state index < -0.39 is 41.5 Å². The fourth-order valence-electron chi connectivity index (χ4n) is 3.07. The van der Waals surface area contributed by atoms with Crippen molar-refractivity contribution < 1.29 is 27.6 Å². The van der Waals surface area contributed by atoms with Crippen LogP contribution in [0.5, 0.6) is 0 Å². The number of nitrogens with zero attached hydrogens (tertiary/aromatic N) is 4. The van der Waals surface area contributed by atoms with E-state index in [1.54, 1.807) is 18.2 Å². The van der Waals surface area contributed by atoms with Gasteiger partial charge < -0.3 is 20.7 Å². The van der Waals surface area contributed by atoms with E-state index in [9.17, 15) is 18.6 Å². The molecule has 0 spiro atoms. The first-order valence-corrected chi connectivity index (χ1v) is 11.4. The number of nitrogen functional groups attached to an aromatic ring is 1. The van der Waals surface area contributed by atoms with Gasteiger partial charge in [-0.2, -0.15) is 13.5 Å². The molecule has 15 heteroatoms. The van der Waals surface area contributed by atoms with Crippen LogP contribution in [0, 0.1) is 0 Å². The third-order valence-corrected chi connectivity index (χ3v) is 6.47. The van der Waals surface area contributed by atoms with Crippen molar-refractivity contribution in [3.8, 4) is 0 Å². The molecule has 3 aromatic rings. The SMILES string of the molecule is Nc1ncnc2c1c(Sc1ccccc1Cl)nn2[C@@H]1O[C@H](COS(N)(=O)=O)[C@@H](O)[C@H]1O. The van der Waals surface area contributed by atoms with Gasteiger partial charge in [-0.1, -0.05) is 35.5 Å². The summed E-state index contributed by atoms with van der Waals surface area (Å²) in [6.45, 7) is -0.592. The molecule has 0 unspecified atom stereocenters. The van der Waals surface area contributed by atoms with Crippen molar-refractivity contribution in [3.05, 3.63) is 35.6 Å². The zero-order valence-corrected chi connectivity index (χ0v) is 18.0. The van der Waals surface area contributed by atoms with E-state index in [0.29, 0.717) is 20.3 Å². The summed E-state index contributed by atoms with van der Waals surface area (Å²) < 4.78 is 33.4. The second kappa shape index (κ2) is 8.48. The van der Waals surface area contributed by atoms with Crippen LogP contribution in [-0.4, -0.2) is 63.3 Å². The summed E-state index contributed by atoms with van der Waals surface area (Å²) in [5.41, 5.74) is 6.28. The highest BCUT2D eigenvalue weighted by Gasteiger charge is 2.45. The van der Waals surface area contributed by atoms with Gasteiger partial charge in [-0.25, -0.2) is 19.8 Å². The Morgan fingerprint density at radius 2 is 2.00 bits per heavy atom. The molecule has 1 fully saturated rings. The molecule has 1 aliphatic rings. The van der Waals surface area contributed by atoms with Crippen LogP contribution in [0.15, 0.2) is 40.5 Å². The fourth-order valence-corrected chi connectivity index (χ4v) is 4.60. The lowest BCUT2D eigenvalue weighted by molar-refractivity contribution is -0.0531. The summed E-state index contributed by atoms with van der Waals surface area (Å²) in [5, 5.41) is 31.4. The number of ether oxygens (including phenoxy) is 1. The van der Waals surface area contributed by atoms with E-state index >= 15 is 0 Å². The number of fused-ring (bicyclic) bond motifs is 1. The van der Waals surface area contributed by atoms with Gasteiger partial charge in [0.1, 0.15) is 35.5 Å². The van der Waals surface area contributed by atoms with Crippen molar-refractivity contribution >= 4 is 50.5 Å². The second-order valence-corrected chi connectivity index (χ2v) is 9.22. The van der Waals surface area contributed by atoms with Gasteiger partial charge in [0.15, 0.2) is 11.9 Å². The molecule has 1 aliphatic heterocycles. The Morgan fingerprint density at radius 1 is 1.26 bits per heavy atom. The first-order chi connectivity index (χ1) is 14.7. The number of anilines is 1. The molecule has 2 aromatic heterocycles. The first-order valence-electron chi connectivity index (χ1n) is 8.75. The fraction of sp³-hybridized carbons (Fsp3) is 0.312. The third kappa shape index (κ3) is 4.47. The molecule has 6 N–H and O–H groups in total. The van der Waals surface area contributed by atoms with Crippen LogP contribution in [-0.2, 0) is 19.2 Å². The van der Waals surface area contributed by atoms with E-state index in [-0.39, 0.29) is 11.5 Å². The molecular weight excluding hydrogens is 472 g/mol. The van der Waals surface area contributed by atoms with Crippen molar-refractivity contribution in [1.29, 1.82) is 0 Å². The zero-order valence-electron chi connectivity index (χ0n) is 15.6. The smallest absolute Gasteiger partial charge is 0.333 e. The van der Waals surface area contributed by atoms with Gasteiger partial charge in [-0.3, -0.25) is 4.18 Å². The summed E-state index contributed by atoms with van der Waals surface area (Å²) in [7, 11) is -4.26. The Bertz CT molecular complexity index is 1220. The summed E-state index contributed by atoms with van der Waals surface area (Å²) in [6.07, 6.45) is -4.10. The molecule has 1 saturated heterocycles. The van der Waals surface area contributed by atoms with Crippen molar-refractivity contribution in [3.63, 3.8) is 0 Å². The number of aliphatic hydroxyl groups excluding tert-OH is 2. The molecule has 3 heterocycles. The average molecular weight is 489 g/mol. The van der Waals surface area contributed by atoms with Crippen LogP contribution in [0.3, 0.4) is 0 Å². The van der Waals surface area contributed by atoms with Gasteiger partial charge in [0.25, 0.3) is 0 Å². The minimum absolute atomic E-state index is 0.146. The van der Waals surface area contributed by atoms with Crippen LogP contribution < -0.4 is 10.9 Å². The molecule has 0 radical (unpaired) electrons. The molecule has 0 bridgehead atoms. The topological polar surface area (TPSA) is 189 Å². The number of aliphatic hydroxyl groups is 2. The van der Waals surface area contributed by atoms with Gasteiger partial charge in [0.2, 0.25) is 0 Å². The van der Waals surface area contributed by atoms with Crippen LogP contribution in [0.25, 0.3) is 11.0 Å². The highest BCUT2D eigenvalue weighted by atomic mass is 35.5. The van der Waals surface area contributed by atoms with Gasteiger partial charge >= 0.3 is 10.3 Å². The van der Waals surface area contributed by atoms with E-state index in [1.165, 1.54) is 22.8 Å². The summed E-state index contributed by atoms with van der Waals surface area (Å²) in [5.74, 6) is 0.146. The first kappa shape index (κ1) is 22.2. The number of aromatic nitrogens is 4. The zero-order chi connectivity index (χ0) is 22.3. The minimum Gasteiger partial charge on any atom is -0.387 e. The Morgan fingerprint density at radius 3 is 2.71 bits per heavy atom. The van der Waals surface area contributed by atoms with E-state index in [4.69, 9.17) is 27.2 Å². The maximum Gasteiger partial charge on any atom is 0.333 e. The molecule has 0 amide bonds. The third-order valence-electron chi connectivity index (χ3n) is 4.50. The van der Waals surface area contributed by atoms with Crippen LogP contribution in [0.2, 0.25) is 5.02 Å². The normalized spacial score (nSPS) is 24.1. The Kier molecular flexibility index (Phi) is 6.06. The number of hydrogen-bond donors (Lipinski definition) is 4. The second-order valence-electron chi connectivity index (χ2n) is 6.56. The monoisotopic (exact) mass is 488 g/mol. The van der Waals surface area contributed by atoms with E-state index in [1.807, 2.05) is 6.07 Å². The van der Waals surface area contributed by atoms with Gasteiger partial charge in [-0.05, 0) is 12.1 Å². The maximum absolute atomic E-state index is 11.0. The minimum atomic E-state index is -4.26. The van der Waals surface area contributed by atoms with Crippen molar-refractivity contribution in [1.82, 2.24) is 19.7 Å². The molecule has 12 nitrogen and oxygen atoms in total. The largest absolute Gasteiger partial charge is 0.387 e. The van der Waals surface area contributed by atoms with Gasteiger partial charge in [0, 0.05) is 4.90 Å². The van der Waals surface area contributed by atoms with Crippen molar-refractivity contribution in [2.45, 2.75) is 34.5 Å². The van der Waals surface area contributed by atoms with Gasteiger partial charge in [-0.15, -0.1) is 0 Å². The van der Waals surface area contributed by atoms with Crippen LogP contribution in [0.1, 0.15) is 6.23 Å². The molecule has 0 aliphatic carbocycles. The molecule has 4 atom stereocenters. The van der Waals surface area contributed by atoms with E-state index in [0.717, 1.165) is 0 Å². The Labute approximate surface area is 185 Å². The number of halogens is 1. The number of benzene rings is 1. The van der Waals surface area contributed by atoms with Crippen LogP contribution in [0.4, 0.5) is 5.82 Å². The highest BCUT2D eigenvalue weighted by Crippen LogP contribution is 2.40. The molecule has 166 valence electrons. The summed E-state index contributed by atoms with van der Waals surface area (Å²) in [4.78, 5) is 8.88. The predicted molar refractivity (Wildman–Crippen MR) is 110 cm³/mol. The molecule has 31 heavy (non-hydrogen) atoms. The predicted octanol–water partition coefficient (Wildman–Crippen LogP) is 0.0524. The van der Waals surface area contributed by atoms with Crippen molar-refractivity contribution in [2.75, 3.05) is 12.3 Å².